The molecule has 0 saturated heterocycles. The monoisotopic (exact) mass is 1360 g/mol. The molecule has 0 aliphatic carbocycles. The summed E-state index contributed by atoms with van der Waals surface area (Å²) in [6, 6.07) is 43.7. The van der Waals surface area contributed by atoms with E-state index in [2.05, 4.69) is 13.8 Å². The molecule has 0 amide bonds. The fourth-order valence-electron chi connectivity index (χ4n) is 8.71. The Morgan fingerprint density at radius 2 is 0.747 bits per heavy atom. The van der Waals surface area contributed by atoms with Gasteiger partial charge < -0.3 is 72.9 Å². The molecule has 20 heteroatoms. The zero-order valence-electron chi connectivity index (χ0n) is 58.4. The van der Waals surface area contributed by atoms with Gasteiger partial charge in [0.2, 0.25) is 0 Å². The fourth-order valence-corrected chi connectivity index (χ4v) is 8.71. The van der Waals surface area contributed by atoms with Gasteiger partial charge in [0.15, 0.2) is 57.5 Å². The van der Waals surface area contributed by atoms with Crippen molar-refractivity contribution in [1.82, 2.24) is 0 Å². The molecule has 1 unspecified atom stereocenters. The lowest BCUT2D eigenvalue weighted by Crippen LogP contribution is -2.18. The highest BCUT2D eigenvalue weighted by atomic mass is 16.6. The molecule has 0 fully saturated rings. The van der Waals surface area contributed by atoms with E-state index in [9.17, 15) is 49.5 Å². The molecule has 99 heavy (non-hydrogen) atoms. The summed E-state index contributed by atoms with van der Waals surface area (Å²) in [6.45, 7) is 11.2. The van der Waals surface area contributed by atoms with Gasteiger partial charge in [-0.1, -0.05) is 148 Å². The minimum absolute atomic E-state index is 0.00323. The molecular weight excluding hydrogens is 1270 g/mol. The van der Waals surface area contributed by atoms with E-state index in [1.807, 2.05) is 106 Å². The first-order valence-corrected chi connectivity index (χ1v) is 32.3. The van der Waals surface area contributed by atoms with Crippen LogP contribution in [0.3, 0.4) is 0 Å². The number of esters is 5. The summed E-state index contributed by atoms with van der Waals surface area (Å²) in [6.07, 6.45) is 15.7. The highest BCUT2D eigenvalue weighted by molar-refractivity contribution is 5.75. The first-order valence-electron chi connectivity index (χ1n) is 32.3. The number of rotatable bonds is 31. The summed E-state index contributed by atoms with van der Waals surface area (Å²) >= 11 is 0. The zero-order valence-corrected chi connectivity index (χ0v) is 58.4. The molecule has 0 heterocycles. The molecule has 0 radical (unpaired) electrons. The maximum absolute atomic E-state index is 11.8. The van der Waals surface area contributed by atoms with Gasteiger partial charge in [0, 0.05) is 6.42 Å². The van der Waals surface area contributed by atoms with E-state index in [1.54, 1.807) is 66.7 Å². The van der Waals surface area contributed by atoms with Gasteiger partial charge in [-0.25, -0.2) is 0 Å². The SMILES string of the molecule is CCC/C=C/COC(=O)Cc1ccc(O)c(OC)c1.CCCC(CC)OC(=O)Cc1ccc(O)c(OC)c1.COc1cc(CC(=O)OC/C=C/c2ccccc2)ccc1O.COc1cc(CC(=O)OCC=C(C)C)ccc1O.COc1cc(CC(=O)OCCc2ccccc2)ccc1O. The Labute approximate surface area is 581 Å². The van der Waals surface area contributed by atoms with Gasteiger partial charge in [0.1, 0.15) is 25.9 Å². The van der Waals surface area contributed by atoms with Crippen molar-refractivity contribution in [1.29, 1.82) is 0 Å². The van der Waals surface area contributed by atoms with E-state index in [4.69, 9.17) is 47.4 Å². The summed E-state index contributed by atoms with van der Waals surface area (Å²) < 4.78 is 50.8. The first kappa shape index (κ1) is 82.3. The van der Waals surface area contributed by atoms with Crippen molar-refractivity contribution in [2.24, 2.45) is 0 Å². The van der Waals surface area contributed by atoms with Crippen LogP contribution in [0.4, 0.5) is 0 Å². The van der Waals surface area contributed by atoms with Crippen LogP contribution in [0, 0.1) is 0 Å². The Morgan fingerprint density at radius 3 is 1.10 bits per heavy atom. The highest BCUT2D eigenvalue weighted by Gasteiger charge is 2.15. The van der Waals surface area contributed by atoms with E-state index in [0.717, 1.165) is 76.6 Å². The maximum atomic E-state index is 11.8. The molecule has 0 aliphatic heterocycles. The molecule has 20 nitrogen and oxygen atoms in total. The van der Waals surface area contributed by atoms with Gasteiger partial charge in [-0.05, 0) is 145 Å². The number of carbonyl (C=O) groups is 5. The molecule has 7 rings (SSSR count). The van der Waals surface area contributed by atoms with Gasteiger partial charge in [0.25, 0.3) is 0 Å². The number of unbranched alkanes of at least 4 members (excludes halogenated alkanes) is 1. The Kier molecular flexibility index (Phi) is 39.8. The van der Waals surface area contributed by atoms with Crippen molar-refractivity contribution in [2.45, 2.75) is 111 Å². The third kappa shape index (κ3) is 34.6. The first-order chi connectivity index (χ1) is 47.7. The summed E-state index contributed by atoms with van der Waals surface area (Å²) in [7, 11) is 7.34. The number of allylic oxidation sites excluding steroid dienone is 2. The van der Waals surface area contributed by atoms with Crippen LogP contribution < -0.4 is 23.7 Å². The molecule has 0 saturated carbocycles. The molecule has 0 aromatic heterocycles. The average molecular weight is 1370 g/mol. The van der Waals surface area contributed by atoms with Crippen LogP contribution in [-0.2, 0) is 86.2 Å². The third-order valence-corrected chi connectivity index (χ3v) is 14.0. The zero-order chi connectivity index (χ0) is 72.7. The minimum Gasteiger partial charge on any atom is -0.504 e. The second kappa shape index (κ2) is 47.9. The second-order valence-electron chi connectivity index (χ2n) is 22.1. The summed E-state index contributed by atoms with van der Waals surface area (Å²) in [4.78, 5) is 58.4. The Bertz CT molecular complexity index is 3630. The van der Waals surface area contributed by atoms with Crippen molar-refractivity contribution < 1.29 is 96.9 Å². The Morgan fingerprint density at radius 1 is 0.394 bits per heavy atom. The number of methoxy groups -OCH3 is 5. The van der Waals surface area contributed by atoms with Gasteiger partial charge in [0.05, 0.1) is 74.3 Å². The fraction of sp³-hybridized carbons (Fsp3) is 0.329. The van der Waals surface area contributed by atoms with Crippen LogP contribution in [0.25, 0.3) is 6.08 Å². The maximum Gasteiger partial charge on any atom is 0.310 e. The number of hydrogen-bond donors (Lipinski definition) is 5. The van der Waals surface area contributed by atoms with E-state index in [0.29, 0.717) is 48.4 Å². The number of ether oxygens (including phenoxy) is 10. The molecule has 0 spiro atoms. The van der Waals surface area contributed by atoms with Crippen LogP contribution in [0.5, 0.6) is 57.5 Å². The molecule has 7 aromatic rings. The van der Waals surface area contributed by atoms with Gasteiger partial charge >= 0.3 is 29.8 Å². The molecule has 0 bridgehead atoms. The summed E-state index contributed by atoms with van der Waals surface area (Å²) in [5.41, 5.74) is 7.03. The minimum atomic E-state index is -0.328. The molecule has 5 N–H and O–H groups in total. The lowest BCUT2D eigenvalue weighted by molar-refractivity contribution is -0.149. The normalized spacial score (nSPS) is 10.6. The van der Waals surface area contributed by atoms with Crippen molar-refractivity contribution in [2.75, 3.05) is 62.0 Å². The van der Waals surface area contributed by atoms with Crippen molar-refractivity contribution in [3.05, 3.63) is 220 Å². The predicted octanol–water partition coefficient (Wildman–Crippen LogP) is 14.3. The van der Waals surface area contributed by atoms with E-state index < -0.39 is 0 Å². The number of hydrogen-bond acceptors (Lipinski definition) is 20. The smallest absolute Gasteiger partial charge is 0.310 e. The quantitative estimate of drug-likeness (QED) is 0.0153. The van der Waals surface area contributed by atoms with Crippen LogP contribution in [-0.4, -0.2) is 123 Å². The van der Waals surface area contributed by atoms with E-state index in [-0.39, 0.29) is 110 Å². The largest absolute Gasteiger partial charge is 0.504 e. The van der Waals surface area contributed by atoms with Crippen molar-refractivity contribution in [3.8, 4) is 57.5 Å². The predicted molar refractivity (Wildman–Crippen MR) is 380 cm³/mol. The lowest BCUT2D eigenvalue weighted by atomic mass is 10.1. The number of phenols is 5. The van der Waals surface area contributed by atoms with Gasteiger partial charge in [-0.15, -0.1) is 0 Å². The van der Waals surface area contributed by atoms with Gasteiger partial charge in [-0.2, -0.15) is 0 Å². The molecule has 1 atom stereocenters. The Hall–Kier alpha value is -10.9. The topological polar surface area (TPSA) is 279 Å². The number of phenolic OH excluding ortho intramolecular Hbond substituents is 5. The number of benzene rings is 7. The molecule has 532 valence electrons. The van der Waals surface area contributed by atoms with Crippen LogP contribution in [0.15, 0.2) is 182 Å². The lowest BCUT2D eigenvalue weighted by Gasteiger charge is -2.15. The third-order valence-electron chi connectivity index (χ3n) is 14.0. The molecule has 0 aliphatic rings. The number of carbonyl (C=O) groups excluding carboxylic acids is 5. The summed E-state index contributed by atoms with van der Waals surface area (Å²) in [5, 5.41) is 47.3. The summed E-state index contributed by atoms with van der Waals surface area (Å²) in [5.74, 6) is 0.580. The molecule has 7 aromatic carbocycles. The van der Waals surface area contributed by atoms with Gasteiger partial charge in [-0.3, -0.25) is 24.0 Å². The van der Waals surface area contributed by atoms with Crippen LogP contribution in [0.1, 0.15) is 106 Å². The second-order valence-corrected chi connectivity index (χ2v) is 22.1. The standard InChI is InChI=1S/C18H18O4.C17H18O4.C15H22O4.C15H20O4.C14H18O4/c1-21-17-12-15(9-10-16(17)19)13-18(20)22-11-5-8-14-6-3-2-4-7-14;1-20-16-11-14(7-8-15(16)18)12-17(19)21-10-9-13-5-3-2-4-6-13;1-4-6-12(5-2)19-15(17)10-11-7-8-13(16)14(9-11)18-3;1-3-4-5-6-9-19-15(17)11-12-7-8-13(16)14(10-12)18-2;1-10(2)6-7-18-14(16)9-11-4-5-12(15)13(8-11)17-3/h2-10,12,19H,11,13H2,1H3;2-8,11,18H,9-10,12H2,1H3;7-9,12,16H,4-6,10H2,1-3H3;5-8,10,16H,3-4,9,11H2,1-2H3;4-6,8,15H,7,9H2,1-3H3/b8-5+;;;6-5+;. The molecular formula is C79H96O20. The van der Waals surface area contributed by atoms with Crippen LogP contribution >= 0.6 is 0 Å². The van der Waals surface area contributed by atoms with Crippen molar-refractivity contribution in [3.63, 3.8) is 0 Å². The van der Waals surface area contributed by atoms with E-state index in [1.165, 1.54) is 65.9 Å². The number of aromatic hydroxyl groups is 5. The van der Waals surface area contributed by atoms with Crippen molar-refractivity contribution >= 4 is 35.9 Å². The average Bonchev–Trinajstić information content (AvgIpc) is 0.934. The Balaban J connectivity index is 0.000000323. The van der Waals surface area contributed by atoms with Crippen LogP contribution in [0.2, 0.25) is 0 Å². The highest BCUT2D eigenvalue weighted by Crippen LogP contribution is 2.31. The van der Waals surface area contributed by atoms with E-state index >= 15 is 0 Å².